The lowest BCUT2D eigenvalue weighted by Gasteiger charge is -2.41. The Labute approximate surface area is 203 Å². The summed E-state index contributed by atoms with van der Waals surface area (Å²) in [5, 5.41) is 20.2. The molecule has 35 heavy (non-hydrogen) atoms. The predicted octanol–water partition coefficient (Wildman–Crippen LogP) is 3.80. The van der Waals surface area contributed by atoms with Crippen molar-refractivity contribution in [2.45, 2.75) is 51.2 Å². The van der Waals surface area contributed by atoms with E-state index in [1.165, 1.54) is 12.3 Å². The SMILES string of the molecule is CN/C=C\c1c(C=O)c(Nc2ccnc(F)c2)nn1C1(CC#N)CCN(C(=O)OC(C)(C)C)CC1. The molecule has 1 amide bonds. The van der Waals surface area contributed by atoms with Gasteiger partial charge in [0.1, 0.15) is 5.60 Å². The molecule has 3 heterocycles. The number of hydrogen-bond donors (Lipinski definition) is 2. The predicted molar refractivity (Wildman–Crippen MR) is 128 cm³/mol. The smallest absolute Gasteiger partial charge is 0.410 e. The Kier molecular flexibility index (Phi) is 7.74. The lowest BCUT2D eigenvalue weighted by molar-refractivity contribution is 0.0105. The van der Waals surface area contributed by atoms with Crippen LogP contribution in [-0.4, -0.2) is 57.8 Å². The van der Waals surface area contributed by atoms with E-state index in [-0.39, 0.29) is 17.8 Å². The quantitative estimate of drug-likeness (QED) is 0.450. The van der Waals surface area contributed by atoms with Crippen LogP contribution >= 0.6 is 0 Å². The van der Waals surface area contributed by atoms with Crippen molar-refractivity contribution in [2.24, 2.45) is 0 Å². The van der Waals surface area contributed by atoms with Crippen LogP contribution in [-0.2, 0) is 10.3 Å². The van der Waals surface area contributed by atoms with Gasteiger partial charge in [0.15, 0.2) is 12.1 Å². The van der Waals surface area contributed by atoms with Gasteiger partial charge in [-0.05, 0) is 52.0 Å². The van der Waals surface area contributed by atoms with Gasteiger partial charge in [0.05, 0.1) is 29.3 Å². The van der Waals surface area contributed by atoms with Crippen molar-refractivity contribution in [2.75, 3.05) is 25.5 Å². The number of nitrogens with one attached hydrogen (secondary N) is 2. The topological polar surface area (TPSA) is 125 Å². The zero-order valence-corrected chi connectivity index (χ0v) is 20.3. The third-order valence-corrected chi connectivity index (χ3v) is 5.68. The average Bonchev–Trinajstić information content (AvgIpc) is 3.14. The van der Waals surface area contributed by atoms with Crippen molar-refractivity contribution < 1.29 is 18.7 Å². The highest BCUT2D eigenvalue weighted by molar-refractivity contribution is 5.89. The van der Waals surface area contributed by atoms with Crippen LogP contribution in [0.1, 0.15) is 56.1 Å². The zero-order chi connectivity index (χ0) is 25.6. The summed E-state index contributed by atoms with van der Waals surface area (Å²) in [6, 6.07) is 5.00. The molecule has 0 aromatic carbocycles. The Balaban J connectivity index is 2.00. The minimum Gasteiger partial charge on any atom is -0.444 e. The van der Waals surface area contributed by atoms with E-state index >= 15 is 0 Å². The molecule has 1 saturated heterocycles. The monoisotopic (exact) mass is 483 g/mol. The maximum atomic E-state index is 13.6. The number of anilines is 2. The number of aldehydes is 1. The highest BCUT2D eigenvalue weighted by Crippen LogP contribution is 2.37. The second-order valence-electron chi connectivity index (χ2n) is 9.32. The lowest BCUT2D eigenvalue weighted by atomic mass is 9.84. The summed E-state index contributed by atoms with van der Waals surface area (Å²) in [6.45, 7) is 6.15. The molecule has 0 saturated carbocycles. The van der Waals surface area contributed by atoms with Crippen LogP contribution in [0, 0.1) is 17.3 Å². The number of nitrogens with zero attached hydrogens (tertiary/aromatic N) is 5. The molecule has 10 nitrogen and oxygen atoms in total. The van der Waals surface area contributed by atoms with Gasteiger partial charge >= 0.3 is 6.09 Å². The van der Waals surface area contributed by atoms with Crippen molar-refractivity contribution in [1.82, 2.24) is 25.0 Å². The molecule has 0 bridgehead atoms. The van der Waals surface area contributed by atoms with Gasteiger partial charge in [-0.15, -0.1) is 0 Å². The van der Waals surface area contributed by atoms with Crippen molar-refractivity contribution in [1.29, 1.82) is 5.26 Å². The highest BCUT2D eigenvalue weighted by atomic mass is 19.1. The molecule has 0 radical (unpaired) electrons. The minimum absolute atomic E-state index is 0.124. The van der Waals surface area contributed by atoms with Crippen LogP contribution in [0.25, 0.3) is 6.08 Å². The third kappa shape index (κ3) is 5.95. The molecule has 0 unspecified atom stereocenters. The molecule has 11 heteroatoms. The standard InChI is InChI=1S/C24H30FN7O3/c1-23(2,3)35-22(34)31-13-8-24(7-10-26,9-14-31)32-19(6-11-27-4)18(16-33)21(30-32)29-17-5-12-28-20(25)15-17/h5-6,11-12,15-16,27H,7-9,13-14H2,1-4H3,(H,28,29,30)/b11-6-. The Morgan fingerprint density at radius 2 is 2.09 bits per heavy atom. The zero-order valence-electron chi connectivity index (χ0n) is 20.3. The van der Waals surface area contributed by atoms with Crippen molar-refractivity contribution >= 4 is 30.0 Å². The van der Waals surface area contributed by atoms with Gasteiger partial charge in [0.25, 0.3) is 0 Å². The number of halogens is 1. The van der Waals surface area contributed by atoms with Gasteiger partial charge < -0.3 is 20.3 Å². The lowest BCUT2D eigenvalue weighted by Crippen LogP contribution is -2.49. The molecule has 1 fully saturated rings. The van der Waals surface area contributed by atoms with Crippen molar-refractivity contribution in [3.63, 3.8) is 0 Å². The van der Waals surface area contributed by atoms with E-state index in [9.17, 15) is 19.2 Å². The first-order valence-corrected chi connectivity index (χ1v) is 11.3. The largest absolute Gasteiger partial charge is 0.444 e. The summed E-state index contributed by atoms with van der Waals surface area (Å²) in [6.07, 6.45) is 5.93. The fourth-order valence-electron chi connectivity index (χ4n) is 4.00. The van der Waals surface area contributed by atoms with E-state index in [4.69, 9.17) is 4.74 Å². The summed E-state index contributed by atoms with van der Waals surface area (Å²) in [5.74, 6) is -0.443. The van der Waals surface area contributed by atoms with Crippen molar-refractivity contribution in [3.05, 3.63) is 41.7 Å². The molecule has 3 rings (SSSR count). The van der Waals surface area contributed by atoms with Crippen LogP contribution in [0.3, 0.4) is 0 Å². The molecule has 0 spiro atoms. The minimum atomic E-state index is -0.762. The summed E-state index contributed by atoms with van der Waals surface area (Å²) in [5.41, 5.74) is -0.240. The number of rotatable bonds is 7. The van der Waals surface area contributed by atoms with Gasteiger partial charge in [0.2, 0.25) is 5.95 Å². The fraction of sp³-hybridized carbons (Fsp3) is 0.458. The van der Waals surface area contributed by atoms with Gasteiger partial charge in [-0.1, -0.05) is 0 Å². The number of likely N-dealkylation sites (tertiary alicyclic amines) is 1. The second-order valence-corrected chi connectivity index (χ2v) is 9.32. The summed E-state index contributed by atoms with van der Waals surface area (Å²) in [4.78, 5) is 29.9. The van der Waals surface area contributed by atoms with E-state index in [0.717, 1.165) is 0 Å². The Morgan fingerprint density at radius 1 is 1.37 bits per heavy atom. The summed E-state index contributed by atoms with van der Waals surface area (Å²) < 4.78 is 20.8. The molecular weight excluding hydrogens is 453 g/mol. The number of amides is 1. The average molecular weight is 484 g/mol. The molecule has 0 atom stereocenters. The van der Waals surface area contributed by atoms with Crippen LogP contribution in [0.15, 0.2) is 24.5 Å². The van der Waals surface area contributed by atoms with E-state index in [1.807, 2.05) is 20.8 Å². The number of ether oxygens (including phenoxy) is 1. The molecule has 2 N–H and O–H groups in total. The number of carbonyl (C=O) groups is 2. The molecule has 1 aliphatic heterocycles. The Morgan fingerprint density at radius 3 is 2.66 bits per heavy atom. The molecular formula is C24H30FN7O3. The molecule has 2 aromatic heterocycles. The highest BCUT2D eigenvalue weighted by Gasteiger charge is 2.41. The first-order chi connectivity index (χ1) is 16.6. The first kappa shape index (κ1) is 25.7. The molecule has 0 aliphatic carbocycles. The number of carbonyl (C=O) groups excluding carboxylic acids is 2. The first-order valence-electron chi connectivity index (χ1n) is 11.3. The maximum Gasteiger partial charge on any atom is 0.410 e. The van der Waals surface area contributed by atoms with Crippen LogP contribution in [0.4, 0.5) is 20.7 Å². The number of nitriles is 1. The van der Waals surface area contributed by atoms with Gasteiger partial charge in [-0.2, -0.15) is 14.8 Å². The maximum absolute atomic E-state index is 13.6. The summed E-state index contributed by atoms with van der Waals surface area (Å²) >= 11 is 0. The van der Waals surface area contributed by atoms with Crippen molar-refractivity contribution in [3.8, 4) is 6.07 Å². The van der Waals surface area contributed by atoms with Crippen LogP contribution in [0.2, 0.25) is 0 Å². The van der Waals surface area contributed by atoms with Gasteiger partial charge in [0, 0.05) is 38.1 Å². The Hall–Kier alpha value is -3.94. The normalized spacial score (nSPS) is 15.5. The van der Waals surface area contributed by atoms with E-state index in [1.54, 1.807) is 35.0 Å². The molecule has 2 aromatic rings. The fourth-order valence-corrected chi connectivity index (χ4v) is 4.00. The number of hydrogen-bond acceptors (Lipinski definition) is 8. The van der Waals surface area contributed by atoms with Gasteiger partial charge in [-0.3, -0.25) is 9.48 Å². The van der Waals surface area contributed by atoms with E-state index in [2.05, 4.69) is 26.8 Å². The third-order valence-electron chi connectivity index (χ3n) is 5.68. The molecule has 1 aliphatic rings. The Bertz CT molecular complexity index is 1140. The number of aromatic nitrogens is 3. The van der Waals surface area contributed by atoms with Crippen LogP contribution < -0.4 is 10.6 Å². The van der Waals surface area contributed by atoms with E-state index < -0.39 is 23.2 Å². The second kappa shape index (κ2) is 10.5. The summed E-state index contributed by atoms with van der Waals surface area (Å²) in [7, 11) is 1.72. The molecule has 186 valence electrons. The van der Waals surface area contributed by atoms with Gasteiger partial charge in [-0.25, -0.2) is 9.78 Å². The number of pyridine rings is 1. The van der Waals surface area contributed by atoms with E-state index in [0.29, 0.717) is 43.6 Å². The van der Waals surface area contributed by atoms with Crippen LogP contribution in [0.5, 0.6) is 0 Å². The number of piperidine rings is 1.